The standard InChI is InChI=1S/C6H4N8O2/c7-3-1-6(14-16-11-1)10-5(9-3)2-4(8)13-15-12-2/h(H2,8,13)(H2,7,9,10,14). The predicted octanol–water partition coefficient (Wildman–Crippen LogP) is -0.773. The molecule has 0 bridgehead atoms. The lowest BCUT2D eigenvalue weighted by Crippen LogP contribution is -1.99. The molecule has 0 aromatic carbocycles. The van der Waals surface area contributed by atoms with E-state index in [1.165, 1.54) is 0 Å². The molecule has 0 fully saturated rings. The molecule has 3 rings (SSSR count). The van der Waals surface area contributed by atoms with Gasteiger partial charge in [-0.2, -0.15) is 0 Å². The van der Waals surface area contributed by atoms with E-state index in [2.05, 4.69) is 39.9 Å². The summed E-state index contributed by atoms with van der Waals surface area (Å²) in [5.74, 6) is 0.332. The zero-order chi connectivity index (χ0) is 11.1. The number of nitrogen functional groups attached to an aromatic ring is 2. The number of hydrogen-bond acceptors (Lipinski definition) is 10. The number of fused-ring (bicyclic) bond motifs is 1. The largest absolute Gasteiger partial charge is 0.382 e. The average Bonchev–Trinajstić information content (AvgIpc) is 2.85. The SMILES string of the molecule is Nc1nonc1-c1nc(N)c2nonc2n1. The summed E-state index contributed by atoms with van der Waals surface area (Å²) in [4.78, 5) is 7.94. The molecule has 0 atom stereocenters. The minimum absolute atomic E-state index is 0.0650. The van der Waals surface area contributed by atoms with Gasteiger partial charge in [0.15, 0.2) is 28.7 Å². The molecule has 0 aliphatic rings. The fourth-order valence-electron chi connectivity index (χ4n) is 1.17. The molecule has 0 aliphatic heterocycles. The maximum atomic E-state index is 5.62. The van der Waals surface area contributed by atoms with Crippen LogP contribution in [0.2, 0.25) is 0 Å². The van der Waals surface area contributed by atoms with Gasteiger partial charge in [-0.1, -0.05) is 0 Å². The minimum Gasteiger partial charge on any atom is -0.382 e. The van der Waals surface area contributed by atoms with Gasteiger partial charge in [0.25, 0.3) is 0 Å². The fourth-order valence-corrected chi connectivity index (χ4v) is 1.17. The van der Waals surface area contributed by atoms with E-state index in [1.54, 1.807) is 0 Å². The lowest BCUT2D eigenvalue weighted by Gasteiger charge is -1.95. The van der Waals surface area contributed by atoms with E-state index in [4.69, 9.17) is 11.5 Å². The van der Waals surface area contributed by atoms with Crippen molar-refractivity contribution in [1.29, 1.82) is 0 Å². The van der Waals surface area contributed by atoms with Crippen molar-refractivity contribution in [2.75, 3.05) is 11.5 Å². The molecule has 0 saturated heterocycles. The first-order chi connectivity index (χ1) is 7.75. The van der Waals surface area contributed by atoms with Crippen LogP contribution in [0.25, 0.3) is 22.7 Å². The average molecular weight is 220 g/mol. The maximum Gasteiger partial charge on any atom is 0.230 e. The highest BCUT2D eigenvalue weighted by molar-refractivity contribution is 5.82. The number of rotatable bonds is 1. The van der Waals surface area contributed by atoms with Gasteiger partial charge < -0.3 is 11.5 Å². The second-order valence-corrected chi connectivity index (χ2v) is 2.87. The monoisotopic (exact) mass is 220 g/mol. The Labute approximate surface area is 86.6 Å². The van der Waals surface area contributed by atoms with E-state index in [9.17, 15) is 0 Å². The Morgan fingerprint density at radius 1 is 0.812 bits per heavy atom. The van der Waals surface area contributed by atoms with Crippen LogP contribution in [-0.4, -0.2) is 30.6 Å². The minimum atomic E-state index is 0.0650. The van der Waals surface area contributed by atoms with Gasteiger partial charge in [0.05, 0.1) is 0 Å². The van der Waals surface area contributed by atoms with Crippen LogP contribution in [0.1, 0.15) is 0 Å². The highest BCUT2D eigenvalue weighted by Crippen LogP contribution is 2.22. The molecule has 10 heteroatoms. The summed E-state index contributed by atoms with van der Waals surface area (Å²) in [5.41, 5.74) is 11.8. The van der Waals surface area contributed by atoms with Crippen LogP contribution in [0.15, 0.2) is 9.26 Å². The quantitative estimate of drug-likeness (QED) is 0.533. The second kappa shape index (κ2) is 2.85. The summed E-state index contributed by atoms with van der Waals surface area (Å²) in [6, 6.07) is 0. The van der Waals surface area contributed by atoms with Crippen molar-refractivity contribution < 1.29 is 9.26 Å². The first-order valence-corrected chi connectivity index (χ1v) is 4.10. The third kappa shape index (κ3) is 1.06. The molecular formula is C6H4N8O2. The molecule has 0 unspecified atom stereocenters. The smallest absolute Gasteiger partial charge is 0.230 e. The summed E-state index contributed by atoms with van der Waals surface area (Å²) < 4.78 is 8.90. The molecule has 0 amide bonds. The highest BCUT2D eigenvalue weighted by Gasteiger charge is 2.17. The summed E-state index contributed by atoms with van der Waals surface area (Å²) in [7, 11) is 0. The number of anilines is 2. The second-order valence-electron chi connectivity index (χ2n) is 2.87. The Morgan fingerprint density at radius 2 is 1.62 bits per heavy atom. The molecule has 0 radical (unpaired) electrons. The van der Waals surface area contributed by atoms with Gasteiger partial charge in [0, 0.05) is 0 Å². The van der Waals surface area contributed by atoms with Crippen molar-refractivity contribution in [1.82, 2.24) is 30.6 Å². The Kier molecular flexibility index (Phi) is 1.52. The van der Waals surface area contributed by atoms with Crippen molar-refractivity contribution >= 4 is 22.8 Å². The van der Waals surface area contributed by atoms with Gasteiger partial charge >= 0.3 is 0 Å². The van der Waals surface area contributed by atoms with Gasteiger partial charge in [0.1, 0.15) is 0 Å². The third-order valence-electron chi connectivity index (χ3n) is 1.88. The van der Waals surface area contributed by atoms with Gasteiger partial charge in [-0.05, 0) is 20.6 Å². The van der Waals surface area contributed by atoms with E-state index >= 15 is 0 Å². The van der Waals surface area contributed by atoms with Crippen LogP contribution in [0, 0.1) is 0 Å². The topological polar surface area (TPSA) is 156 Å². The van der Waals surface area contributed by atoms with E-state index in [0.29, 0.717) is 0 Å². The van der Waals surface area contributed by atoms with Crippen molar-refractivity contribution in [2.24, 2.45) is 0 Å². The Balaban J connectivity index is 2.29. The summed E-state index contributed by atoms with van der Waals surface area (Å²) >= 11 is 0. The van der Waals surface area contributed by atoms with Crippen molar-refractivity contribution in [3.63, 3.8) is 0 Å². The van der Waals surface area contributed by atoms with Gasteiger partial charge in [-0.3, -0.25) is 0 Å². The number of nitrogens with two attached hydrogens (primary N) is 2. The zero-order valence-electron chi connectivity index (χ0n) is 7.65. The van der Waals surface area contributed by atoms with E-state index in [-0.39, 0.29) is 34.3 Å². The molecule has 80 valence electrons. The molecule has 4 N–H and O–H groups in total. The van der Waals surface area contributed by atoms with Crippen LogP contribution in [0.4, 0.5) is 11.6 Å². The zero-order valence-corrected chi connectivity index (χ0v) is 7.65. The molecule has 0 saturated carbocycles. The van der Waals surface area contributed by atoms with Crippen LogP contribution in [0.5, 0.6) is 0 Å². The van der Waals surface area contributed by atoms with Crippen LogP contribution in [0.3, 0.4) is 0 Å². The lowest BCUT2D eigenvalue weighted by atomic mass is 10.4. The molecular weight excluding hydrogens is 216 g/mol. The number of nitrogens with zero attached hydrogens (tertiary/aromatic N) is 6. The van der Waals surface area contributed by atoms with E-state index < -0.39 is 0 Å². The molecule has 10 nitrogen and oxygen atoms in total. The molecule has 16 heavy (non-hydrogen) atoms. The van der Waals surface area contributed by atoms with Gasteiger partial charge in [0.2, 0.25) is 5.65 Å². The highest BCUT2D eigenvalue weighted by atomic mass is 16.6. The Morgan fingerprint density at radius 3 is 2.38 bits per heavy atom. The van der Waals surface area contributed by atoms with Crippen molar-refractivity contribution in [2.45, 2.75) is 0 Å². The van der Waals surface area contributed by atoms with Gasteiger partial charge in [-0.15, -0.1) is 0 Å². The summed E-state index contributed by atoms with van der Waals surface area (Å²) in [6.07, 6.45) is 0. The van der Waals surface area contributed by atoms with Gasteiger partial charge in [-0.25, -0.2) is 19.2 Å². The maximum absolute atomic E-state index is 5.62. The predicted molar refractivity (Wildman–Crippen MR) is 49.5 cm³/mol. The first kappa shape index (κ1) is 8.52. The fraction of sp³-hybridized carbons (Fsp3) is 0. The molecule has 0 spiro atoms. The lowest BCUT2D eigenvalue weighted by molar-refractivity contribution is 0.310. The molecule has 3 aromatic rings. The van der Waals surface area contributed by atoms with Crippen LogP contribution >= 0.6 is 0 Å². The summed E-state index contributed by atoms with van der Waals surface area (Å²) in [5, 5.41) is 14.0. The molecule has 3 aromatic heterocycles. The van der Waals surface area contributed by atoms with Crippen LogP contribution < -0.4 is 11.5 Å². The summed E-state index contributed by atoms with van der Waals surface area (Å²) in [6.45, 7) is 0. The molecule has 0 aliphatic carbocycles. The first-order valence-electron chi connectivity index (χ1n) is 4.10. The number of aromatic nitrogens is 6. The Bertz CT molecular complexity index is 657. The molecule has 3 heterocycles. The normalized spacial score (nSPS) is 11.0. The third-order valence-corrected chi connectivity index (χ3v) is 1.88. The van der Waals surface area contributed by atoms with Crippen molar-refractivity contribution in [3.8, 4) is 11.5 Å². The van der Waals surface area contributed by atoms with E-state index in [1.807, 2.05) is 0 Å². The number of hydrogen-bond donors (Lipinski definition) is 2. The van der Waals surface area contributed by atoms with E-state index in [0.717, 1.165) is 0 Å². The van der Waals surface area contributed by atoms with Crippen LogP contribution in [-0.2, 0) is 0 Å². The Hall–Kier alpha value is -2.78. The van der Waals surface area contributed by atoms with Crippen molar-refractivity contribution in [3.05, 3.63) is 0 Å².